The van der Waals surface area contributed by atoms with Crippen LogP contribution in [0.4, 0.5) is 14.5 Å². The Balaban J connectivity index is 2.14. The second kappa shape index (κ2) is 6.20. The Kier molecular flexibility index (Phi) is 4.57. The van der Waals surface area contributed by atoms with E-state index < -0.39 is 17.7 Å². The Morgan fingerprint density at radius 3 is 2.60 bits per heavy atom. The molecule has 2 aromatic carbocycles. The molecule has 0 amide bonds. The van der Waals surface area contributed by atoms with Gasteiger partial charge >= 0.3 is 0 Å². The number of anilines is 1. The Labute approximate surface area is 121 Å². The topological polar surface area (TPSA) is 32.3 Å². The van der Waals surface area contributed by atoms with Crippen molar-refractivity contribution in [3.8, 4) is 0 Å². The Morgan fingerprint density at radius 2 is 1.90 bits per heavy atom. The highest BCUT2D eigenvalue weighted by atomic mass is 35.5. The summed E-state index contributed by atoms with van der Waals surface area (Å²) in [5.41, 5.74) is 0.604. The van der Waals surface area contributed by atoms with Gasteiger partial charge in [-0.05, 0) is 24.6 Å². The first-order valence-electron chi connectivity index (χ1n) is 6.11. The molecular weight excluding hydrogens is 284 g/mol. The van der Waals surface area contributed by atoms with Crippen LogP contribution in [0, 0.1) is 18.6 Å². The van der Waals surface area contributed by atoms with E-state index in [1.807, 2.05) is 0 Å². The molecule has 0 spiro atoms. The van der Waals surface area contributed by atoms with Crippen LogP contribution in [0.25, 0.3) is 0 Å². The van der Waals surface area contributed by atoms with Gasteiger partial charge in [0.05, 0.1) is 6.10 Å². The summed E-state index contributed by atoms with van der Waals surface area (Å²) in [6.07, 6.45) is -0.956. The number of hydrogen-bond acceptors (Lipinski definition) is 2. The highest BCUT2D eigenvalue weighted by Gasteiger charge is 2.15. The van der Waals surface area contributed by atoms with Gasteiger partial charge in [0.2, 0.25) is 0 Å². The number of nitrogens with one attached hydrogen (secondary N) is 1. The molecule has 0 radical (unpaired) electrons. The van der Waals surface area contributed by atoms with E-state index in [0.29, 0.717) is 16.1 Å². The number of rotatable bonds is 4. The van der Waals surface area contributed by atoms with Crippen molar-refractivity contribution in [3.63, 3.8) is 0 Å². The van der Waals surface area contributed by atoms with Gasteiger partial charge in [-0.1, -0.05) is 35.9 Å². The first kappa shape index (κ1) is 14.8. The van der Waals surface area contributed by atoms with Crippen LogP contribution in [0.5, 0.6) is 0 Å². The summed E-state index contributed by atoms with van der Waals surface area (Å²) in [5, 5.41) is 13.0. The highest BCUT2D eigenvalue weighted by molar-refractivity contribution is 6.31. The smallest absolute Gasteiger partial charge is 0.152 e. The van der Waals surface area contributed by atoms with Gasteiger partial charge in [-0.3, -0.25) is 0 Å². The molecule has 0 aliphatic carbocycles. The van der Waals surface area contributed by atoms with E-state index >= 15 is 0 Å². The molecule has 2 N–H and O–H groups in total. The zero-order chi connectivity index (χ0) is 14.7. The van der Waals surface area contributed by atoms with Crippen LogP contribution in [0.15, 0.2) is 36.4 Å². The van der Waals surface area contributed by atoms with E-state index in [1.165, 1.54) is 12.1 Å². The lowest BCUT2D eigenvalue weighted by molar-refractivity contribution is 0.191. The molecule has 1 atom stereocenters. The first-order chi connectivity index (χ1) is 9.50. The van der Waals surface area contributed by atoms with Crippen LogP contribution in [-0.2, 0) is 0 Å². The maximum absolute atomic E-state index is 13.8. The van der Waals surface area contributed by atoms with Crippen molar-refractivity contribution < 1.29 is 13.9 Å². The van der Waals surface area contributed by atoms with Crippen molar-refractivity contribution in [1.29, 1.82) is 0 Å². The molecule has 0 aliphatic rings. The number of halogens is 3. The van der Waals surface area contributed by atoms with Crippen LogP contribution >= 0.6 is 11.6 Å². The van der Waals surface area contributed by atoms with Crippen molar-refractivity contribution in [3.05, 3.63) is 64.2 Å². The molecule has 0 heterocycles. The standard InChI is InChI=1S/C15H14ClF2NO/c1-9-6-7-12(17)15(14(9)18)19-8-13(20)10-4-2-3-5-11(10)16/h2-7,13,19-20H,8H2,1H3. The average molecular weight is 298 g/mol. The third-order valence-corrected chi connectivity index (χ3v) is 3.36. The van der Waals surface area contributed by atoms with Crippen LogP contribution in [0.2, 0.25) is 5.02 Å². The van der Waals surface area contributed by atoms with Crippen molar-refractivity contribution in [2.45, 2.75) is 13.0 Å². The lowest BCUT2D eigenvalue weighted by atomic mass is 10.1. The Hall–Kier alpha value is -1.65. The summed E-state index contributed by atoms with van der Waals surface area (Å²) in [7, 11) is 0. The molecule has 0 saturated heterocycles. The number of hydrogen-bond donors (Lipinski definition) is 2. The maximum atomic E-state index is 13.8. The minimum Gasteiger partial charge on any atom is -0.387 e. The molecule has 2 aromatic rings. The first-order valence-corrected chi connectivity index (χ1v) is 6.49. The molecule has 0 aliphatic heterocycles. The minimum absolute atomic E-state index is 0.0406. The third-order valence-electron chi connectivity index (χ3n) is 3.02. The number of aryl methyl sites for hydroxylation is 1. The molecule has 0 aromatic heterocycles. The Morgan fingerprint density at radius 1 is 1.20 bits per heavy atom. The maximum Gasteiger partial charge on any atom is 0.152 e. The van der Waals surface area contributed by atoms with Gasteiger partial charge in [0.1, 0.15) is 11.5 Å². The molecule has 0 saturated carbocycles. The van der Waals surface area contributed by atoms with Crippen molar-refractivity contribution >= 4 is 17.3 Å². The van der Waals surface area contributed by atoms with Gasteiger partial charge in [-0.25, -0.2) is 8.78 Å². The molecule has 5 heteroatoms. The SMILES string of the molecule is Cc1ccc(F)c(NCC(O)c2ccccc2Cl)c1F. The fourth-order valence-corrected chi connectivity index (χ4v) is 2.13. The lowest BCUT2D eigenvalue weighted by Gasteiger charge is -2.15. The van der Waals surface area contributed by atoms with Crippen LogP contribution in [0.3, 0.4) is 0 Å². The molecule has 106 valence electrons. The van der Waals surface area contributed by atoms with Gasteiger partial charge < -0.3 is 10.4 Å². The van der Waals surface area contributed by atoms with E-state index in [0.717, 1.165) is 0 Å². The molecule has 2 rings (SSSR count). The van der Waals surface area contributed by atoms with E-state index in [4.69, 9.17) is 11.6 Å². The summed E-state index contributed by atoms with van der Waals surface area (Å²) < 4.78 is 27.3. The predicted molar refractivity (Wildman–Crippen MR) is 76.0 cm³/mol. The van der Waals surface area contributed by atoms with Crippen LogP contribution in [0.1, 0.15) is 17.2 Å². The molecule has 0 fully saturated rings. The number of aliphatic hydroxyl groups is 1. The van der Waals surface area contributed by atoms with E-state index in [-0.39, 0.29) is 12.2 Å². The molecular formula is C15H14ClF2NO. The van der Waals surface area contributed by atoms with E-state index in [2.05, 4.69) is 5.32 Å². The van der Waals surface area contributed by atoms with Crippen LogP contribution < -0.4 is 5.32 Å². The number of benzene rings is 2. The number of aliphatic hydroxyl groups excluding tert-OH is 1. The summed E-state index contributed by atoms with van der Waals surface area (Å²) in [4.78, 5) is 0. The monoisotopic (exact) mass is 297 g/mol. The van der Waals surface area contributed by atoms with Gasteiger partial charge in [0.25, 0.3) is 0 Å². The molecule has 0 bridgehead atoms. The van der Waals surface area contributed by atoms with Crippen LogP contribution in [-0.4, -0.2) is 11.7 Å². The zero-order valence-electron chi connectivity index (χ0n) is 10.8. The summed E-state index contributed by atoms with van der Waals surface area (Å²) >= 11 is 5.95. The fraction of sp³-hybridized carbons (Fsp3) is 0.200. The second-order valence-electron chi connectivity index (χ2n) is 4.47. The largest absolute Gasteiger partial charge is 0.387 e. The predicted octanol–water partition coefficient (Wildman–Crippen LogP) is 4.07. The highest BCUT2D eigenvalue weighted by Crippen LogP contribution is 2.25. The van der Waals surface area contributed by atoms with Gasteiger partial charge in [-0.2, -0.15) is 0 Å². The lowest BCUT2D eigenvalue weighted by Crippen LogP contribution is -2.14. The molecule has 2 nitrogen and oxygen atoms in total. The summed E-state index contributed by atoms with van der Waals surface area (Å²) in [6, 6.07) is 9.33. The third kappa shape index (κ3) is 3.08. The fourth-order valence-electron chi connectivity index (χ4n) is 1.87. The van der Waals surface area contributed by atoms with E-state index in [9.17, 15) is 13.9 Å². The summed E-state index contributed by atoms with van der Waals surface area (Å²) in [6.45, 7) is 1.51. The average Bonchev–Trinajstić information content (AvgIpc) is 2.43. The van der Waals surface area contributed by atoms with Crippen molar-refractivity contribution in [2.24, 2.45) is 0 Å². The van der Waals surface area contributed by atoms with Gasteiger partial charge in [0, 0.05) is 17.1 Å². The van der Waals surface area contributed by atoms with Crippen molar-refractivity contribution in [2.75, 3.05) is 11.9 Å². The van der Waals surface area contributed by atoms with Gasteiger partial charge in [-0.15, -0.1) is 0 Å². The normalized spacial score (nSPS) is 12.2. The van der Waals surface area contributed by atoms with E-state index in [1.54, 1.807) is 31.2 Å². The summed E-state index contributed by atoms with van der Waals surface area (Å²) in [5.74, 6) is -1.35. The van der Waals surface area contributed by atoms with Crippen molar-refractivity contribution in [1.82, 2.24) is 0 Å². The van der Waals surface area contributed by atoms with Gasteiger partial charge in [0.15, 0.2) is 5.82 Å². The zero-order valence-corrected chi connectivity index (χ0v) is 11.6. The molecule has 1 unspecified atom stereocenters. The quantitative estimate of drug-likeness (QED) is 0.891. The Bertz CT molecular complexity index is 619. The molecule has 20 heavy (non-hydrogen) atoms. The second-order valence-corrected chi connectivity index (χ2v) is 4.88. The minimum atomic E-state index is -0.956.